The van der Waals surface area contributed by atoms with Crippen molar-refractivity contribution in [2.24, 2.45) is 0 Å². The smallest absolute Gasteiger partial charge is 0.255 e. The molecule has 0 spiro atoms. The third-order valence-electron chi connectivity index (χ3n) is 3.37. The molecule has 0 atom stereocenters. The van der Waals surface area contributed by atoms with Gasteiger partial charge in [-0.25, -0.2) is 0 Å². The summed E-state index contributed by atoms with van der Waals surface area (Å²) in [5.74, 6) is 0. The Morgan fingerprint density at radius 2 is 1.26 bits per heavy atom. The molecule has 116 valence electrons. The zero-order valence-electron chi connectivity index (χ0n) is 11.5. The van der Waals surface area contributed by atoms with Gasteiger partial charge in [0.05, 0.1) is 5.02 Å². The van der Waals surface area contributed by atoms with E-state index in [1.165, 1.54) is 0 Å². The minimum absolute atomic E-state index is 0.247. The highest BCUT2D eigenvalue weighted by atomic mass is 35.5. The fourth-order valence-electron chi connectivity index (χ4n) is 2.27. The summed E-state index contributed by atoms with van der Waals surface area (Å²) in [5.41, 5.74) is 2.31. The molecule has 0 radical (unpaired) electrons. The molecule has 2 nitrogen and oxygen atoms in total. The average Bonchev–Trinajstić information content (AvgIpc) is 2.49. The first-order valence-corrected chi connectivity index (χ1v) is 8.10. The molecule has 0 saturated heterocycles. The third kappa shape index (κ3) is 3.41. The standard InChI is InChI=1S/C17H9Cl4NO/c18-10-1-3-12(15(20)6-10)9-5-14(17(23)22-8-9)13-4-2-11(19)7-16(13)21/h1-8H,(H,22,23). The Morgan fingerprint density at radius 3 is 1.83 bits per heavy atom. The van der Waals surface area contributed by atoms with Crippen molar-refractivity contribution in [3.05, 3.63) is 79.1 Å². The highest BCUT2D eigenvalue weighted by Crippen LogP contribution is 2.33. The van der Waals surface area contributed by atoms with Crippen molar-refractivity contribution < 1.29 is 0 Å². The Balaban J connectivity index is 2.18. The normalized spacial score (nSPS) is 10.8. The van der Waals surface area contributed by atoms with Crippen LogP contribution in [0.3, 0.4) is 0 Å². The molecule has 1 aromatic heterocycles. The van der Waals surface area contributed by atoms with E-state index in [0.717, 1.165) is 11.1 Å². The Morgan fingerprint density at radius 1 is 0.696 bits per heavy atom. The van der Waals surface area contributed by atoms with Crippen LogP contribution in [0.25, 0.3) is 22.3 Å². The monoisotopic (exact) mass is 383 g/mol. The molecule has 0 bridgehead atoms. The lowest BCUT2D eigenvalue weighted by atomic mass is 10.0. The first-order valence-electron chi connectivity index (χ1n) is 6.59. The fraction of sp³-hybridized carbons (Fsp3) is 0. The summed E-state index contributed by atoms with van der Waals surface area (Å²) < 4.78 is 0. The van der Waals surface area contributed by atoms with Gasteiger partial charge >= 0.3 is 0 Å². The van der Waals surface area contributed by atoms with E-state index in [9.17, 15) is 4.79 Å². The summed E-state index contributed by atoms with van der Waals surface area (Å²) in [7, 11) is 0. The van der Waals surface area contributed by atoms with E-state index in [2.05, 4.69) is 4.98 Å². The lowest BCUT2D eigenvalue weighted by molar-refractivity contribution is 1.24. The van der Waals surface area contributed by atoms with Crippen LogP contribution in [-0.4, -0.2) is 4.98 Å². The Kier molecular flexibility index (Phi) is 4.69. The molecular formula is C17H9Cl4NO. The third-order valence-corrected chi connectivity index (χ3v) is 4.46. The number of aromatic amines is 1. The largest absolute Gasteiger partial charge is 0.328 e. The van der Waals surface area contributed by atoms with Gasteiger partial charge in [0.2, 0.25) is 0 Å². The number of hydrogen-bond donors (Lipinski definition) is 1. The molecule has 0 saturated carbocycles. The van der Waals surface area contributed by atoms with E-state index in [-0.39, 0.29) is 5.56 Å². The number of hydrogen-bond acceptors (Lipinski definition) is 1. The fourth-order valence-corrected chi connectivity index (χ4v) is 3.30. The average molecular weight is 385 g/mol. The van der Waals surface area contributed by atoms with Crippen LogP contribution in [0.15, 0.2) is 53.5 Å². The maximum Gasteiger partial charge on any atom is 0.255 e. The van der Waals surface area contributed by atoms with Crippen molar-refractivity contribution >= 4 is 46.4 Å². The Hall–Kier alpha value is -1.45. The maximum absolute atomic E-state index is 12.2. The van der Waals surface area contributed by atoms with Crippen LogP contribution >= 0.6 is 46.4 Å². The first-order chi connectivity index (χ1) is 11.0. The topological polar surface area (TPSA) is 32.9 Å². The minimum Gasteiger partial charge on any atom is -0.328 e. The molecule has 0 aliphatic rings. The molecule has 0 fully saturated rings. The van der Waals surface area contributed by atoms with E-state index in [1.807, 2.05) is 0 Å². The number of aromatic nitrogens is 1. The van der Waals surface area contributed by atoms with E-state index in [0.29, 0.717) is 31.2 Å². The molecule has 1 heterocycles. The van der Waals surface area contributed by atoms with Crippen molar-refractivity contribution in [2.45, 2.75) is 0 Å². The Bertz CT molecular complexity index is 950. The summed E-state index contributed by atoms with van der Waals surface area (Å²) in [6.07, 6.45) is 1.60. The van der Waals surface area contributed by atoms with E-state index < -0.39 is 0 Å². The number of rotatable bonds is 2. The minimum atomic E-state index is -0.247. The molecule has 0 aliphatic carbocycles. The van der Waals surface area contributed by atoms with E-state index in [4.69, 9.17) is 46.4 Å². The van der Waals surface area contributed by atoms with Gasteiger partial charge in [0.25, 0.3) is 5.56 Å². The van der Waals surface area contributed by atoms with Crippen molar-refractivity contribution in [3.8, 4) is 22.3 Å². The van der Waals surface area contributed by atoms with Crippen LogP contribution in [0.4, 0.5) is 0 Å². The zero-order chi connectivity index (χ0) is 16.6. The van der Waals surface area contributed by atoms with Crippen molar-refractivity contribution in [1.29, 1.82) is 0 Å². The van der Waals surface area contributed by atoms with Crippen LogP contribution < -0.4 is 5.56 Å². The van der Waals surface area contributed by atoms with Gasteiger partial charge in [0, 0.05) is 43.5 Å². The van der Waals surface area contributed by atoms with Gasteiger partial charge in [-0.05, 0) is 30.3 Å². The molecule has 2 aromatic carbocycles. The van der Waals surface area contributed by atoms with Gasteiger partial charge < -0.3 is 4.98 Å². The second-order valence-electron chi connectivity index (χ2n) is 4.88. The Labute approximate surface area is 152 Å². The van der Waals surface area contributed by atoms with Gasteiger partial charge in [-0.2, -0.15) is 0 Å². The molecule has 23 heavy (non-hydrogen) atoms. The van der Waals surface area contributed by atoms with Crippen LogP contribution in [0, 0.1) is 0 Å². The number of pyridine rings is 1. The summed E-state index contributed by atoms with van der Waals surface area (Å²) in [5, 5.41) is 1.95. The highest BCUT2D eigenvalue weighted by Gasteiger charge is 2.12. The predicted octanol–water partition coefficient (Wildman–Crippen LogP) is 6.32. The number of benzene rings is 2. The molecule has 0 unspecified atom stereocenters. The number of halogens is 4. The van der Waals surface area contributed by atoms with Crippen LogP contribution in [0.5, 0.6) is 0 Å². The molecule has 0 aliphatic heterocycles. The lowest BCUT2D eigenvalue weighted by Crippen LogP contribution is -2.08. The summed E-state index contributed by atoms with van der Waals surface area (Å²) >= 11 is 24.3. The molecule has 3 rings (SSSR count). The number of nitrogens with one attached hydrogen (secondary N) is 1. The van der Waals surface area contributed by atoms with Gasteiger partial charge in [-0.15, -0.1) is 0 Å². The quantitative estimate of drug-likeness (QED) is 0.550. The van der Waals surface area contributed by atoms with Crippen LogP contribution in [-0.2, 0) is 0 Å². The summed E-state index contributed by atoms with van der Waals surface area (Å²) in [6, 6.07) is 11.9. The van der Waals surface area contributed by atoms with Gasteiger partial charge in [0.15, 0.2) is 0 Å². The first kappa shape index (κ1) is 16.4. The lowest BCUT2D eigenvalue weighted by Gasteiger charge is -2.09. The molecule has 3 aromatic rings. The molecular weight excluding hydrogens is 376 g/mol. The highest BCUT2D eigenvalue weighted by molar-refractivity contribution is 6.37. The van der Waals surface area contributed by atoms with Crippen molar-refractivity contribution in [1.82, 2.24) is 4.98 Å². The SMILES string of the molecule is O=c1[nH]cc(-c2ccc(Cl)cc2Cl)cc1-c1ccc(Cl)cc1Cl. The number of H-pyrrole nitrogens is 1. The van der Waals surface area contributed by atoms with Gasteiger partial charge in [-0.1, -0.05) is 58.5 Å². The van der Waals surface area contributed by atoms with Gasteiger partial charge in [0.1, 0.15) is 0 Å². The molecule has 6 heteroatoms. The van der Waals surface area contributed by atoms with E-state index >= 15 is 0 Å². The maximum atomic E-state index is 12.2. The zero-order valence-corrected chi connectivity index (χ0v) is 14.6. The van der Waals surface area contributed by atoms with Crippen LogP contribution in [0.1, 0.15) is 0 Å². The summed E-state index contributed by atoms with van der Waals surface area (Å²) in [4.78, 5) is 14.9. The second kappa shape index (κ2) is 6.58. The van der Waals surface area contributed by atoms with E-state index in [1.54, 1.807) is 48.7 Å². The van der Waals surface area contributed by atoms with Crippen molar-refractivity contribution in [3.63, 3.8) is 0 Å². The molecule has 0 amide bonds. The second-order valence-corrected chi connectivity index (χ2v) is 6.57. The van der Waals surface area contributed by atoms with Crippen LogP contribution in [0.2, 0.25) is 20.1 Å². The molecule has 1 N–H and O–H groups in total. The predicted molar refractivity (Wildman–Crippen MR) is 98.0 cm³/mol. The van der Waals surface area contributed by atoms with Gasteiger partial charge in [-0.3, -0.25) is 4.79 Å². The summed E-state index contributed by atoms with van der Waals surface area (Å²) in [6.45, 7) is 0. The van der Waals surface area contributed by atoms with Crippen molar-refractivity contribution in [2.75, 3.05) is 0 Å².